The molecule has 2 aromatic heterocycles. The number of anilines is 1. The number of H-pyrrole nitrogens is 1. The fourth-order valence-corrected chi connectivity index (χ4v) is 3.54. The van der Waals surface area contributed by atoms with Crippen molar-refractivity contribution in [2.24, 2.45) is 5.73 Å². The van der Waals surface area contributed by atoms with Gasteiger partial charge in [-0.3, -0.25) is 4.98 Å². The number of nitrogens with two attached hydrogens (primary N) is 1. The van der Waals surface area contributed by atoms with Gasteiger partial charge in [-0.15, -0.1) is 0 Å². The van der Waals surface area contributed by atoms with E-state index in [0.717, 1.165) is 25.9 Å². The third-order valence-corrected chi connectivity index (χ3v) is 5.00. The highest BCUT2D eigenvalue weighted by atomic mass is 16.4. The number of oxazole rings is 1. The van der Waals surface area contributed by atoms with Crippen molar-refractivity contribution in [1.82, 2.24) is 15.0 Å². The smallest absolute Gasteiger partial charge is 0.402 e. The summed E-state index contributed by atoms with van der Waals surface area (Å²) in [6, 6.07) is 10.4. The highest BCUT2D eigenvalue weighted by Gasteiger charge is 2.36. The van der Waals surface area contributed by atoms with Crippen LogP contribution >= 0.6 is 0 Å². The number of nitrogens with one attached hydrogen (secondary N) is 1. The van der Waals surface area contributed by atoms with Crippen LogP contribution in [0.25, 0.3) is 11.2 Å². The van der Waals surface area contributed by atoms with Gasteiger partial charge in [-0.25, -0.2) is 14.8 Å². The van der Waals surface area contributed by atoms with Crippen molar-refractivity contribution in [1.29, 1.82) is 0 Å². The second-order valence-corrected chi connectivity index (χ2v) is 6.23. The molecule has 3 aromatic rings. The molecule has 0 aliphatic carbocycles. The number of fused-ring (bicyclic) bond motifs is 1. The van der Waals surface area contributed by atoms with E-state index < -0.39 is 5.76 Å². The van der Waals surface area contributed by atoms with Crippen molar-refractivity contribution in [3.8, 4) is 0 Å². The Balaban J connectivity index is 1.62. The zero-order valence-corrected chi connectivity index (χ0v) is 13.2. The largest absolute Gasteiger partial charge is 0.418 e. The average molecular weight is 325 g/mol. The maximum atomic E-state index is 11.4. The van der Waals surface area contributed by atoms with Gasteiger partial charge in [0.05, 0.1) is 0 Å². The summed E-state index contributed by atoms with van der Waals surface area (Å²) in [6.07, 6.45) is 3.30. The summed E-state index contributed by atoms with van der Waals surface area (Å²) >= 11 is 0. The van der Waals surface area contributed by atoms with Gasteiger partial charge in [0.2, 0.25) is 5.58 Å². The van der Waals surface area contributed by atoms with E-state index in [0.29, 0.717) is 23.6 Å². The molecule has 1 aliphatic heterocycles. The maximum Gasteiger partial charge on any atom is 0.418 e. The van der Waals surface area contributed by atoms with Crippen LogP contribution in [0.2, 0.25) is 0 Å². The van der Waals surface area contributed by atoms with Crippen LogP contribution in [0.3, 0.4) is 0 Å². The Morgan fingerprint density at radius 3 is 2.67 bits per heavy atom. The summed E-state index contributed by atoms with van der Waals surface area (Å²) in [5, 5.41) is 0. The molecule has 7 nitrogen and oxygen atoms in total. The minimum Gasteiger partial charge on any atom is -0.402 e. The normalized spacial score (nSPS) is 17.3. The van der Waals surface area contributed by atoms with Crippen molar-refractivity contribution < 1.29 is 4.42 Å². The van der Waals surface area contributed by atoms with E-state index in [4.69, 9.17) is 10.2 Å². The molecule has 0 spiro atoms. The molecule has 0 unspecified atom stereocenters. The lowest BCUT2D eigenvalue weighted by molar-refractivity contribution is 0.338. The number of benzene rings is 1. The topological polar surface area (TPSA) is 101 Å². The van der Waals surface area contributed by atoms with Gasteiger partial charge in [-0.1, -0.05) is 30.3 Å². The van der Waals surface area contributed by atoms with E-state index in [1.54, 1.807) is 0 Å². The lowest BCUT2D eigenvalue weighted by atomic mass is 9.73. The number of rotatable bonds is 3. The number of hydrogen-bond acceptors (Lipinski definition) is 6. The third-order valence-electron chi connectivity index (χ3n) is 5.00. The van der Waals surface area contributed by atoms with Gasteiger partial charge in [0, 0.05) is 25.0 Å². The first-order valence-corrected chi connectivity index (χ1v) is 8.06. The van der Waals surface area contributed by atoms with E-state index in [1.165, 1.54) is 11.9 Å². The highest BCUT2D eigenvalue weighted by Crippen LogP contribution is 2.36. The number of aromatic nitrogens is 3. The first kappa shape index (κ1) is 14.9. The Hall–Kier alpha value is -2.67. The molecule has 0 radical (unpaired) electrons. The van der Waals surface area contributed by atoms with Crippen LogP contribution < -0.4 is 16.4 Å². The Kier molecular flexibility index (Phi) is 3.57. The molecule has 1 aromatic carbocycles. The fraction of sp³-hybridized carbons (Fsp3) is 0.353. The molecule has 0 amide bonds. The first-order valence-electron chi connectivity index (χ1n) is 8.06. The van der Waals surface area contributed by atoms with Gasteiger partial charge in [-0.2, -0.15) is 0 Å². The zero-order valence-electron chi connectivity index (χ0n) is 13.2. The van der Waals surface area contributed by atoms with E-state index in [1.807, 2.05) is 6.07 Å². The molecule has 1 fully saturated rings. The zero-order chi connectivity index (χ0) is 16.6. The number of nitrogens with zero attached hydrogens (tertiary/aromatic N) is 3. The fourth-order valence-electron chi connectivity index (χ4n) is 3.54. The van der Waals surface area contributed by atoms with Crippen LogP contribution in [0.1, 0.15) is 18.4 Å². The van der Waals surface area contributed by atoms with Crippen molar-refractivity contribution in [3.05, 3.63) is 52.8 Å². The number of hydrogen-bond donors (Lipinski definition) is 2. The number of aromatic amines is 1. The van der Waals surface area contributed by atoms with Crippen LogP contribution in [0.15, 0.2) is 45.9 Å². The standard InChI is InChI=1S/C17H19N5O2/c18-10-17(12-4-2-1-3-5-12)6-8-22(9-7-17)15-13-14(19-11-20-15)21-16(23)24-13/h1-5,11H,6-10,18H2,(H,19,20,21,23). The van der Waals surface area contributed by atoms with Crippen LogP contribution in [-0.2, 0) is 5.41 Å². The predicted molar refractivity (Wildman–Crippen MR) is 91.0 cm³/mol. The molecule has 1 saturated heterocycles. The quantitative estimate of drug-likeness (QED) is 0.755. The monoisotopic (exact) mass is 325 g/mol. The van der Waals surface area contributed by atoms with Crippen molar-refractivity contribution >= 4 is 17.0 Å². The molecule has 0 bridgehead atoms. The van der Waals surface area contributed by atoms with E-state index >= 15 is 0 Å². The Bertz CT molecular complexity index is 894. The van der Waals surface area contributed by atoms with Crippen LogP contribution in [-0.4, -0.2) is 34.6 Å². The molecular formula is C17H19N5O2. The van der Waals surface area contributed by atoms with Crippen LogP contribution in [0.4, 0.5) is 5.82 Å². The summed E-state index contributed by atoms with van der Waals surface area (Å²) in [4.78, 5) is 24.5. The number of piperidine rings is 1. The maximum absolute atomic E-state index is 11.4. The highest BCUT2D eigenvalue weighted by molar-refractivity contribution is 5.80. The second-order valence-electron chi connectivity index (χ2n) is 6.23. The second kappa shape index (κ2) is 5.76. The Morgan fingerprint density at radius 1 is 1.21 bits per heavy atom. The lowest BCUT2D eigenvalue weighted by Crippen LogP contribution is -2.47. The van der Waals surface area contributed by atoms with E-state index in [2.05, 4.69) is 44.1 Å². The van der Waals surface area contributed by atoms with Gasteiger partial charge in [0.25, 0.3) is 0 Å². The van der Waals surface area contributed by atoms with Crippen molar-refractivity contribution in [3.63, 3.8) is 0 Å². The first-order chi connectivity index (χ1) is 11.7. The minimum absolute atomic E-state index is 0.0110. The van der Waals surface area contributed by atoms with E-state index in [-0.39, 0.29) is 5.41 Å². The molecule has 0 saturated carbocycles. The molecule has 124 valence electrons. The van der Waals surface area contributed by atoms with Crippen LogP contribution in [0, 0.1) is 0 Å². The minimum atomic E-state index is -0.510. The van der Waals surface area contributed by atoms with Gasteiger partial charge in [-0.05, 0) is 18.4 Å². The summed E-state index contributed by atoms with van der Waals surface area (Å²) in [5.74, 6) is 0.154. The van der Waals surface area contributed by atoms with Gasteiger partial charge in [0.1, 0.15) is 6.33 Å². The SMILES string of the molecule is NCC1(c2ccccc2)CCN(c2ncnc3[nH]c(=O)oc23)CC1. The van der Waals surface area contributed by atoms with E-state index in [9.17, 15) is 4.79 Å². The van der Waals surface area contributed by atoms with Gasteiger partial charge < -0.3 is 15.1 Å². The Labute approximate surface area is 138 Å². The van der Waals surface area contributed by atoms with Gasteiger partial charge >= 0.3 is 5.76 Å². The van der Waals surface area contributed by atoms with Crippen molar-refractivity contribution in [2.75, 3.05) is 24.5 Å². The molecule has 4 rings (SSSR count). The molecular weight excluding hydrogens is 306 g/mol. The third kappa shape index (κ3) is 2.37. The molecule has 3 heterocycles. The molecule has 3 N–H and O–H groups in total. The predicted octanol–water partition coefficient (Wildman–Crippen LogP) is 1.41. The lowest BCUT2D eigenvalue weighted by Gasteiger charge is -2.42. The Morgan fingerprint density at radius 2 is 1.96 bits per heavy atom. The summed E-state index contributed by atoms with van der Waals surface area (Å²) in [5.41, 5.74) is 8.27. The molecule has 7 heteroatoms. The van der Waals surface area contributed by atoms with Crippen LogP contribution in [0.5, 0.6) is 0 Å². The van der Waals surface area contributed by atoms with Gasteiger partial charge in [0.15, 0.2) is 11.5 Å². The molecule has 1 aliphatic rings. The van der Waals surface area contributed by atoms with Crippen molar-refractivity contribution in [2.45, 2.75) is 18.3 Å². The average Bonchev–Trinajstić information content (AvgIpc) is 3.03. The summed E-state index contributed by atoms with van der Waals surface area (Å²) in [6.45, 7) is 2.21. The molecule has 24 heavy (non-hydrogen) atoms. The summed E-state index contributed by atoms with van der Waals surface area (Å²) in [7, 11) is 0. The molecule has 0 atom stereocenters. The summed E-state index contributed by atoms with van der Waals surface area (Å²) < 4.78 is 5.21.